The van der Waals surface area contributed by atoms with Crippen LogP contribution in [0, 0.1) is 6.92 Å². The predicted molar refractivity (Wildman–Crippen MR) is 76.2 cm³/mol. The zero-order valence-corrected chi connectivity index (χ0v) is 11.7. The number of amides is 1. The zero-order valence-electron chi connectivity index (χ0n) is 10.9. The van der Waals surface area contributed by atoms with Gasteiger partial charge in [0.2, 0.25) is 0 Å². The summed E-state index contributed by atoms with van der Waals surface area (Å²) in [6.45, 7) is 4.10. The third-order valence-corrected chi connectivity index (χ3v) is 3.39. The molecule has 1 atom stereocenters. The van der Waals surface area contributed by atoms with Gasteiger partial charge in [0.05, 0.1) is 6.61 Å². The molecule has 0 aliphatic carbocycles. The molecule has 0 spiro atoms. The van der Waals surface area contributed by atoms with Crippen LogP contribution in [0.15, 0.2) is 36.5 Å². The largest absolute Gasteiger partial charge is 0.364 e. The predicted octanol–water partition coefficient (Wildman–Crippen LogP) is 3.00. The third-order valence-electron chi connectivity index (χ3n) is 2.56. The summed E-state index contributed by atoms with van der Waals surface area (Å²) in [4.78, 5) is 17.0. The molecular formula is C14H16N2O2S. The fourth-order valence-corrected chi connectivity index (χ4v) is 2.16. The molecule has 5 heteroatoms. The molecule has 1 heterocycles. The first-order valence-electron chi connectivity index (χ1n) is 6.04. The molecule has 2 rings (SSSR count). The number of carbonyl (C=O) groups excluding carboxylic acids is 1. The topological polar surface area (TPSA) is 51.2 Å². The van der Waals surface area contributed by atoms with E-state index in [1.165, 1.54) is 11.3 Å². The third kappa shape index (κ3) is 4.15. The lowest BCUT2D eigenvalue weighted by Crippen LogP contribution is -2.27. The highest BCUT2D eigenvalue weighted by Gasteiger charge is 2.14. The van der Waals surface area contributed by atoms with Gasteiger partial charge in [0.1, 0.15) is 6.10 Å². The summed E-state index contributed by atoms with van der Waals surface area (Å²) in [5, 5.41) is 3.35. The van der Waals surface area contributed by atoms with Crippen LogP contribution < -0.4 is 5.32 Å². The second-order valence-corrected chi connectivity index (χ2v) is 5.44. The lowest BCUT2D eigenvalue weighted by Gasteiger charge is -2.12. The monoisotopic (exact) mass is 276 g/mol. The van der Waals surface area contributed by atoms with Gasteiger partial charge in [-0.3, -0.25) is 10.1 Å². The van der Waals surface area contributed by atoms with E-state index in [2.05, 4.69) is 10.3 Å². The first-order chi connectivity index (χ1) is 9.15. The lowest BCUT2D eigenvalue weighted by atomic mass is 10.2. The number of benzene rings is 1. The molecule has 0 aliphatic rings. The van der Waals surface area contributed by atoms with Crippen molar-refractivity contribution < 1.29 is 9.53 Å². The van der Waals surface area contributed by atoms with E-state index in [4.69, 9.17) is 4.74 Å². The maximum Gasteiger partial charge on any atom is 0.255 e. The van der Waals surface area contributed by atoms with Crippen molar-refractivity contribution in [1.29, 1.82) is 0 Å². The van der Waals surface area contributed by atoms with Gasteiger partial charge in [0, 0.05) is 11.1 Å². The Bertz CT molecular complexity index is 539. The molecule has 1 aromatic carbocycles. The molecule has 0 bridgehead atoms. The Morgan fingerprint density at radius 1 is 1.42 bits per heavy atom. The summed E-state index contributed by atoms with van der Waals surface area (Å²) in [6, 6.07) is 9.78. The van der Waals surface area contributed by atoms with Crippen molar-refractivity contribution in [2.75, 3.05) is 5.32 Å². The van der Waals surface area contributed by atoms with Crippen LogP contribution in [-0.2, 0) is 16.1 Å². The summed E-state index contributed by atoms with van der Waals surface area (Å²) < 4.78 is 5.53. The maximum absolute atomic E-state index is 11.9. The van der Waals surface area contributed by atoms with E-state index in [9.17, 15) is 4.79 Å². The quantitative estimate of drug-likeness (QED) is 0.913. The summed E-state index contributed by atoms with van der Waals surface area (Å²) in [6.07, 6.45) is 1.22. The van der Waals surface area contributed by atoms with Crippen molar-refractivity contribution in [2.24, 2.45) is 0 Å². The average molecular weight is 276 g/mol. The Morgan fingerprint density at radius 2 is 2.16 bits per heavy atom. The highest BCUT2D eigenvalue weighted by Crippen LogP contribution is 2.17. The first-order valence-corrected chi connectivity index (χ1v) is 6.85. The number of anilines is 1. The fourth-order valence-electron chi connectivity index (χ4n) is 1.49. The SMILES string of the molecule is Cc1cnc(NC(=O)C(C)OCc2ccccc2)s1. The van der Waals surface area contributed by atoms with E-state index in [-0.39, 0.29) is 5.91 Å². The number of hydrogen-bond donors (Lipinski definition) is 1. The minimum atomic E-state index is -0.510. The normalized spacial score (nSPS) is 12.1. The van der Waals surface area contributed by atoms with Crippen LogP contribution >= 0.6 is 11.3 Å². The second-order valence-electron chi connectivity index (χ2n) is 4.20. The molecule has 1 aromatic heterocycles. The molecule has 1 unspecified atom stereocenters. The number of aryl methyl sites for hydroxylation is 1. The van der Waals surface area contributed by atoms with Crippen LogP contribution in [0.2, 0.25) is 0 Å². The summed E-state index contributed by atoms with van der Waals surface area (Å²) in [7, 11) is 0. The molecule has 0 aliphatic heterocycles. The molecule has 2 aromatic rings. The van der Waals surface area contributed by atoms with Gasteiger partial charge in [0.15, 0.2) is 5.13 Å². The Kier molecular flexibility index (Phi) is 4.65. The number of aromatic nitrogens is 1. The van der Waals surface area contributed by atoms with E-state index >= 15 is 0 Å². The van der Waals surface area contributed by atoms with Crippen molar-refractivity contribution in [2.45, 2.75) is 26.6 Å². The minimum Gasteiger partial charge on any atom is -0.364 e. The molecule has 4 nitrogen and oxygen atoms in total. The molecule has 0 fully saturated rings. The molecule has 0 saturated carbocycles. The first kappa shape index (κ1) is 13.7. The molecule has 0 saturated heterocycles. The fraction of sp³-hybridized carbons (Fsp3) is 0.286. The van der Waals surface area contributed by atoms with Crippen LogP contribution in [0.1, 0.15) is 17.4 Å². The Hall–Kier alpha value is -1.72. The smallest absolute Gasteiger partial charge is 0.255 e. The Balaban J connectivity index is 1.82. The maximum atomic E-state index is 11.9. The van der Waals surface area contributed by atoms with Crippen LogP contribution in [0.5, 0.6) is 0 Å². The van der Waals surface area contributed by atoms with E-state index in [1.54, 1.807) is 13.1 Å². The van der Waals surface area contributed by atoms with E-state index in [0.717, 1.165) is 10.4 Å². The number of carbonyl (C=O) groups is 1. The van der Waals surface area contributed by atoms with E-state index in [0.29, 0.717) is 11.7 Å². The highest BCUT2D eigenvalue weighted by atomic mass is 32.1. The zero-order chi connectivity index (χ0) is 13.7. The standard InChI is InChI=1S/C14H16N2O2S/c1-10-8-15-14(19-10)16-13(17)11(2)18-9-12-6-4-3-5-7-12/h3-8,11H,9H2,1-2H3,(H,15,16,17). The van der Waals surface area contributed by atoms with Gasteiger partial charge in [-0.1, -0.05) is 30.3 Å². The van der Waals surface area contributed by atoms with Crippen LogP contribution in [0.4, 0.5) is 5.13 Å². The molecule has 1 amide bonds. The summed E-state index contributed by atoms with van der Waals surface area (Å²) in [5.41, 5.74) is 1.05. The average Bonchev–Trinajstić information content (AvgIpc) is 2.82. The molecule has 0 radical (unpaired) electrons. The van der Waals surface area contributed by atoms with Gasteiger partial charge in [-0.2, -0.15) is 0 Å². The van der Waals surface area contributed by atoms with E-state index < -0.39 is 6.10 Å². The van der Waals surface area contributed by atoms with Gasteiger partial charge in [-0.05, 0) is 19.4 Å². The van der Waals surface area contributed by atoms with E-state index in [1.807, 2.05) is 37.3 Å². The number of hydrogen-bond acceptors (Lipinski definition) is 4. The Morgan fingerprint density at radius 3 is 2.79 bits per heavy atom. The van der Waals surface area contributed by atoms with Crippen LogP contribution in [0.3, 0.4) is 0 Å². The molecule has 1 N–H and O–H groups in total. The Labute approximate surface area is 116 Å². The van der Waals surface area contributed by atoms with Crippen molar-refractivity contribution in [3.05, 3.63) is 47.0 Å². The van der Waals surface area contributed by atoms with Crippen molar-refractivity contribution in [3.63, 3.8) is 0 Å². The van der Waals surface area contributed by atoms with Crippen LogP contribution in [-0.4, -0.2) is 17.0 Å². The van der Waals surface area contributed by atoms with Gasteiger partial charge in [-0.15, -0.1) is 11.3 Å². The second kappa shape index (κ2) is 6.45. The molecular weight excluding hydrogens is 260 g/mol. The van der Waals surface area contributed by atoms with Gasteiger partial charge >= 0.3 is 0 Å². The number of rotatable bonds is 5. The van der Waals surface area contributed by atoms with Crippen molar-refractivity contribution in [3.8, 4) is 0 Å². The number of ether oxygens (including phenoxy) is 1. The van der Waals surface area contributed by atoms with Crippen molar-refractivity contribution >= 4 is 22.4 Å². The van der Waals surface area contributed by atoms with Crippen molar-refractivity contribution in [1.82, 2.24) is 4.98 Å². The van der Waals surface area contributed by atoms with Gasteiger partial charge < -0.3 is 4.74 Å². The number of thiazole rings is 1. The van der Waals surface area contributed by atoms with Gasteiger partial charge in [-0.25, -0.2) is 4.98 Å². The minimum absolute atomic E-state index is 0.176. The highest BCUT2D eigenvalue weighted by molar-refractivity contribution is 7.15. The van der Waals surface area contributed by atoms with Crippen LogP contribution in [0.25, 0.3) is 0 Å². The number of nitrogens with one attached hydrogen (secondary N) is 1. The lowest BCUT2D eigenvalue weighted by molar-refractivity contribution is -0.127. The number of nitrogens with zero attached hydrogens (tertiary/aromatic N) is 1. The summed E-state index contributed by atoms with van der Waals surface area (Å²) in [5.74, 6) is -0.176. The summed E-state index contributed by atoms with van der Waals surface area (Å²) >= 11 is 1.45. The van der Waals surface area contributed by atoms with Gasteiger partial charge in [0.25, 0.3) is 5.91 Å². The molecule has 19 heavy (non-hydrogen) atoms. The molecule has 100 valence electrons.